The van der Waals surface area contributed by atoms with Crippen LogP contribution in [0, 0.1) is 11.3 Å². The summed E-state index contributed by atoms with van der Waals surface area (Å²) in [5, 5.41) is 3.81. The molecule has 0 radical (unpaired) electrons. The first kappa shape index (κ1) is 12.4. The van der Waals surface area contributed by atoms with E-state index in [9.17, 15) is 0 Å². The summed E-state index contributed by atoms with van der Waals surface area (Å²) < 4.78 is 0. The topological polar surface area (TPSA) is 12.0 Å². The van der Waals surface area contributed by atoms with Crippen LogP contribution in [-0.4, -0.2) is 12.6 Å². The molecule has 1 heteroatoms. The molecule has 94 valence electrons. The molecule has 2 rings (SSSR count). The fourth-order valence-electron chi connectivity index (χ4n) is 3.21. The number of hydrogen-bond donors (Lipinski definition) is 1. The Morgan fingerprint density at radius 2 is 1.88 bits per heavy atom. The van der Waals surface area contributed by atoms with Crippen molar-refractivity contribution in [2.75, 3.05) is 6.54 Å². The molecule has 0 saturated heterocycles. The van der Waals surface area contributed by atoms with Gasteiger partial charge in [-0.2, -0.15) is 0 Å². The predicted molar refractivity (Wildman–Crippen MR) is 70.6 cm³/mol. The van der Waals surface area contributed by atoms with E-state index in [1.165, 1.54) is 64.3 Å². The predicted octanol–water partition coefficient (Wildman–Crippen LogP) is 4.13. The number of rotatable bonds is 8. The van der Waals surface area contributed by atoms with Crippen LogP contribution < -0.4 is 5.32 Å². The number of unbranched alkanes of at least 4 members (excludes halogenated alkanes) is 1. The van der Waals surface area contributed by atoms with Crippen molar-refractivity contribution in [2.45, 2.75) is 77.7 Å². The van der Waals surface area contributed by atoms with Gasteiger partial charge in [0.05, 0.1) is 0 Å². The second kappa shape index (κ2) is 5.53. The fourth-order valence-corrected chi connectivity index (χ4v) is 3.21. The van der Waals surface area contributed by atoms with Crippen LogP contribution in [0.15, 0.2) is 0 Å². The number of hydrogen-bond acceptors (Lipinski definition) is 1. The van der Waals surface area contributed by atoms with E-state index in [1.807, 2.05) is 0 Å². The van der Waals surface area contributed by atoms with Gasteiger partial charge in [-0.1, -0.05) is 33.1 Å². The SMILES string of the molecule is CCCCC(CC)(CNC1CC1)C1CCC1. The molecular formula is C15H29N. The van der Waals surface area contributed by atoms with E-state index in [1.54, 1.807) is 0 Å². The lowest BCUT2D eigenvalue weighted by atomic mass is 9.61. The summed E-state index contributed by atoms with van der Waals surface area (Å²) in [4.78, 5) is 0. The van der Waals surface area contributed by atoms with Crippen LogP contribution in [-0.2, 0) is 0 Å². The average molecular weight is 223 g/mol. The second-order valence-electron chi connectivity index (χ2n) is 6.10. The molecule has 0 aromatic carbocycles. The van der Waals surface area contributed by atoms with Gasteiger partial charge in [0.1, 0.15) is 0 Å². The first-order chi connectivity index (χ1) is 7.80. The van der Waals surface area contributed by atoms with Gasteiger partial charge in [0.15, 0.2) is 0 Å². The van der Waals surface area contributed by atoms with Crippen molar-refractivity contribution in [3.63, 3.8) is 0 Å². The summed E-state index contributed by atoms with van der Waals surface area (Å²) >= 11 is 0. The Balaban J connectivity index is 1.89. The molecule has 1 unspecified atom stereocenters. The van der Waals surface area contributed by atoms with Crippen molar-refractivity contribution < 1.29 is 0 Å². The van der Waals surface area contributed by atoms with Gasteiger partial charge in [-0.25, -0.2) is 0 Å². The molecule has 2 aliphatic carbocycles. The highest BCUT2D eigenvalue weighted by Crippen LogP contribution is 2.47. The van der Waals surface area contributed by atoms with E-state index >= 15 is 0 Å². The molecule has 1 nitrogen and oxygen atoms in total. The molecule has 16 heavy (non-hydrogen) atoms. The van der Waals surface area contributed by atoms with Crippen molar-refractivity contribution in [3.8, 4) is 0 Å². The lowest BCUT2D eigenvalue weighted by Crippen LogP contribution is -2.43. The van der Waals surface area contributed by atoms with Crippen molar-refractivity contribution >= 4 is 0 Å². The summed E-state index contributed by atoms with van der Waals surface area (Å²) in [5.41, 5.74) is 0.650. The van der Waals surface area contributed by atoms with Crippen LogP contribution in [0.3, 0.4) is 0 Å². The normalized spacial score (nSPS) is 25.1. The Kier molecular flexibility index (Phi) is 4.29. The lowest BCUT2D eigenvalue weighted by Gasteiger charge is -2.46. The molecule has 0 aromatic heterocycles. The standard InChI is InChI=1S/C15H29N/c1-3-5-11-15(4-2,13-7-6-8-13)12-16-14-9-10-14/h13-14,16H,3-12H2,1-2H3. The zero-order valence-electron chi connectivity index (χ0n) is 11.2. The Hall–Kier alpha value is -0.0400. The molecular weight excluding hydrogens is 194 g/mol. The van der Waals surface area contributed by atoms with Crippen LogP contribution >= 0.6 is 0 Å². The van der Waals surface area contributed by atoms with E-state index in [2.05, 4.69) is 19.2 Å². The summed E-state index contributed by atoms with van der Waals surface area (Å²) in [7, 11) is 0. The summed E-state index contributed by atoms with van der Waals surface area (Å²) in [6, 6.07) is 0.882. The van der Waals surface area contributed by atoms with Gasteiger partial charge in [-0.15, -0.1) is 0 Å². The molecule has 0 bridgehead atoms. The third-order valence-corrected chi connectivity index (χ3v) is 5.02. The van der Waals surface area contributed by atoms with Crippen LogP contribution in [0.25, 0.3) is 0 Å². The van der Waals surface area contributed by atoms with Crippen LogP contribution in [0.5, 0.6) is 0 Å². The van der Waals surface area contributed by atoms with Crippen LogP contribution in [0.2, 0.25) is 0 Å². The molecule has 2 saturated carbocycles. The Labute approximate surface area is 101 Å². The lowest BCUT2D eigenvalue weighted by molar-refractivity contribution is 0.0634. The van der Waals surface area contributed by atoms with E-state index in [-0.39, 0.29) is 0 Å². The van der Waals surface area contributed by atoms with Crippen molar-refractivity contribution in [1.29, 1.82) is 0 Å². The Bertz CT molecular complexity index is 205. The van der Waals surface area contributed by atoms with Crippen LogP contribution in [0.4, 0.5) is 0 Å². The third kappa shape index (κ3) is 2.80. The van der Waals surface area contributed by atoms with Crippen molar-refractivity contribution in [2.24, 2.45) is 11.3 Å². The van der Waals surface area contributed by atoms with E-state index in [0.29, 0.717) is 5.41 Å². The third-order valence-electron chi connectivity index (χ3n) is 5.02. The van der Waals surface area contributed by atoms with E-state index < -0.39 is 0 Å². The molecule has 0 amide bonds. The quantitative estimate of drug-likeness (QED) is 0.652. The van der Waals surface area contributed by atoms with Crippen molar-refractivity contribution in [3.05, 3.63) is 0 Å². The van der Waals surface area contributed by atoms with Gasteiger partial charge in [0.25, 0.3) is 0 Å². The molecule has 0 heterocycles. The molecule has 0 spiro atoms. The Morgan fingerprint density at radius 1 is 1.12 bits per heavy atom. The summed E-state index contributed by atoms with van der Waals surface area (Å²) in [6.07, 6.45) is 13.0. The van der Waals surface area contributed by atoms with Gasteiger partial charge < -0.3 is 5.32 Å². The zero-order chi connectivity index (χ0) is 11.4. The maximum atomic E-state index is 3.81. The molecule has 2 aliphatic rings. The summed E-state index contributed by atoms with van der Waals surface area (Å²) in [6.45, 7) is 6.05. The van der Waals surface area contributed by atoms with Gasteiger partial charge in [0, 0.05) is 12.6 Å². The molecule has 1 N–H and O–H groups in total. The maximum Gasteiger partial charge on any atom is 0.00684 e. The first-order valence-electron chi connectivity index (χ1n) is 7.54. The largest absolute Gasteiger partial charge is 0.313 e. The molecule has 0 aliphatic heterocycles. The molecule has 0 aromatic rings. The Morgan fingerprint density at radius 3 is 2.31 bits per heavy atom. The minimum atomic E-state index is 0.650. The highest BCUT2D eigenvalue weighted by atomic mass is 15.0. The average Bonchev–Trinajstić information content (AvgIpc) is 3.03. The second-order valence-corrected chi connectivity index (χ2v) is 6.10. The number of nitrogens with one attached hydrogen (secondary N) is 1. The van der Waals surface area contributed by atoms with Gasteiger partial charge in [0.2, 0.25) is 0 Å². The monoisotopic (exact) mass is 223 g/mol. The minimum absolute atomic E-state index is 0.650. The van der Waals surface area contributed by atoms with E-state index in [4.69, 9.17) is 0 Å². The highest BCUT2D eigenvalue weighted by Gasteiger charge is 2.40. The molecule has 1 atom stereocenters. The highest BCUT2D eigenvalue weighted by molar-refractivity contribution is 4.94. The summed E-state index contributed by atoms with van der Waals surface area (Å²) in [5.74, 6) is 1.04. The first-order valence-corrected chi connectivity index (χ1v) is 7.54. The maximum absolute atomic E-state index is 3.81. The van der Waals surface area contributed by atoms with Crippen molar-refractivity contribution in [1.82, 2.24) is 5.32 Å². The van der Waals surface area contributed by atoms with Crippen LogP contribution in [0.1, 0.15) is 71.6 Å². The fraction of sp³-hybridized carbons (Fsp3) is 1.00. The van der Waals surface area contributed by atoms with Gasteiger partial charge in [-0.3, -0.25) is 0 Å². The van der Waals surface area contributed by atoms with Gasteiger partial charge >= 0.3 is 0 Å². The smallest absolute Gasteiger partial charge is 0.00684 e. The zero-order valence-corrected chi connectivity index (χ0v) is 11.2. The molecule has 2 fully saturated rings. The van der Waals surface area contributed by atoms with Gasteiger partial charge in [-0.05, 0) is 49.9 Å². The minimum Gasteiger partial charge on any atom is -0.313 e. The van der Waals surface area contributed by atoms with E-state index in [0.717, 1.165) is 12.0 Å².